The highest BCUT2D eigenvalue weighted by Crippen LogP contribution is 2.23. The summed E-state index contributed by atoms with van der Waals surface area (Å²) in [5.41, 5.74) is 1.11. The minimum Gasteiger partial charge on any atom is -0.464 e. The summed E-state index contributed by atoms with van der Waals surface area (Å²) in [7, 11) is 0. The quantitative estimate of drug-likeness (QED) is 0.529. The smallest absolute Gasteiger partial charge is 0.308 e. The summed E-state index contributed by atoms with van der Waals surface area (Å²) in [6, 6.07) is 0. The highest BCUT2D eigenvalue weighted by Gasteiger charge is 2.34. The molecule has 1 heterocycles. The molecule has 20 heavy (non-hydrogen) atoms. The molecule has 1 rings (SSSR count). The first kappa shape index (κ1) is 16.4. The van der Waals surface area contributed by atoms with Crippen molar-refractivity contribution in [2.24, 2.45) is 5.92 Å². The predicted octanol–water partition coefficient (Wildman–Crippen LogP) is 2.06. The molecule has 0 aromatic rings. The second kappa shape index (κ2) is 7.22. The molecule has 1 aliphatic rings. The molecule has 0 radical (unpaired) electrons. The fourth-order valence-electron chi connectivity index (χ4n) is 2.04. The summed E-state index contributed by atoms with van der Waals surface area (Å²) < 4.78 is 5.08. The first-order chi connectivity index (χ1) is 9.43. The standard InChI is InChI=1S/C15H23NO4/c1-5-7-12-11(4)13(17)16(14(12)18)8-9-20-15(19)10(3)6-2/h10H,5-9H2,1-4H3. The van der Waals surface area contributed by atoms with E-state index in [1.165, 1.54) is 4.90 Å². The van der Waals surface area contributed by atoms with E-state index in [2.05, 4.69) is 0 Å². The molecule has 1 aliphatic heterocycles. The normalized spacial score (nSPS) is 16.9. The average Bonchev–Trinajstić information content (AvgIpc) is 2.63. The Morgan fingerprint density at radius 2 is 1.90 bits per heavy atom. The van der Waals surface area contributed by atoms with E-state index in [0.717, 1.165) is 6.42 Å². The zero-order valence-electron chi connectivity index (χ0n) is 12.7. The Bertz CT molecular complexity index is 439. The topological polar surface area (TPSA) is 63.7 Å². The van der Waals surface area contributed by atoms with Gasteiger partial charge >= 0.3 is 5.97 Å². The van der Waals surface area contributed by atoms with Crippen LogP contribution in [-0.2, 0) is 19.1 Å². The van der Waals surface area contributed by atoms with Gasteiger partial charge < -0.3 is 4.74 Å². The van der Waals surface area contributed by atoms with Crippen LogP contribution in [0.25, 0.3) is 0 Å². The number of rotatable bonds is 7. The predicted molar refractivity (Wildman–Crippen MR) is 74.7 cm³/mol. The molecule has 0 saturated carbocycles. The summed E-state index contributed by atoms with van der Waals surface area (Å²) >= 11 is 0. The van der Waals surface area contributed by atoms with Gasteiger partial charge in [-0.1, -0.05) is 27.2 Å². The number of carbonyl (C=O) groups is 3. The third-order valence-corrected chi connectivity index (χ3v) is 3.60. The highest BCUT2D eigenvalue weighted by molar-refractivity contribution is 6.19. The second-order valence-electron chi connectivity index (χ2n) is 5.09. The zero-order valence-corrected chi connectivity index (χ0v) is 12.7. The van der Waals surface area contributed by atoms with Crippen LogP contribution in [0.2, 0.25) is 0 Å². The number of esters is 1. The number of ether oxygens (including phenoxy) is 1. The average molecular weight is 281 g/mol. The van der Waals surface area contributed by atoms with Crippen molar-refractivity contribution in [1.29, 1.82) is 0 Å². The molecule has 0 aromatic heterocycles. The Labute approximate surface area is 120 Å². The van der Waals surface area contributed by atoms with E-state index < -0.39 is 0 Å². The molecule has 5 heteroatoms. The molecule has 0 N–H and O–H groups in total. The number of hydrogen-bond acceptors (Lipinski definition) is 4. The van der Waals surface area contributed by atoms with Gasteiger partial charge in [0.15, 0.2) is 0 Å². The van der Waals surface area contributed by atoms with E-state index in [9.17, 15) is 14.4 Å². The second-order valence-corrected chi connectivity index (χ2v) is 5.09. The van der Waals surface area contributed by atoms with Crippen LogP contribution in [0.5, 0.6) is 0 Å². The molecule has 0 spiro atoms. The third-order valence-electron chi connectivity index (χ3n) is 3.60. The van der Waals surface area contributed by atoms with Gasteiger partial charge in [-0.2, -0.15) is 0 Å². The Kier molecular flexibility index (Phi) is 5.92. The lowest BCUT2D eigenvalue weighted by atomic mass is 10.1. The minimum atomic E-state index is -0.287. The van der Waals surface area contributed by atoms with Crippen LogP contribution in [0.1, 0.15) is 47.0 Å². The first-order valence-corrected chi connectivity index (χ1v) is 7.16. The monoisotopic (exact) mass is 281 g/mol. The summed E-state index contributed by atoms with van der Waals surface area (Å²) in [4.78, 5) is 36.8. The number of hydrogen-bond donors (Lipinski definition) is 0. The lowest BCUT2D eigenvalue weighted by Gasteiger charge is -2.16. The van der Waals surface area contributed by atoms with Gasteiger partial charge in [0, 0.05) is 11.1 Å². The molecule has 1 unspecified atom stereocenters. The van der Waals surface area contributed by atoms with Gasteiger partial charge in [-0.3, -0.25) is 19.3 Å². The maximum absolute atomic E-state index is 12.1. The van der Waals surface area contributed by atoms with Crippen LogP contribution in [0, 0.1) is 5.92 Å². The summed E-state index contributed by atoms with van der Waals surface area (Å²) in [5, 5.41) is 0. The highest BCUT2D eigenvalue weighted by atomic mass is 16.5. The molecular weight excluding hydrogens is 258 g/mol. The van der Waals surface area contributed by atoms with E-state index >= 15 is 0 Å². The third kappa shape index (κ3) is 3.46. The molecule has 5 nitrogen and oxygen atoms in total. The fraction of sp³-hybridized carbons (Fsp3) is 0.667. The van der Waals surface area contributed by atoms with Crippen LogP contribution in [0.15, 0.2) is 11.1 Å². The van der Waals surface area contributed by atoms with E-state index in [4.69, 9.17) is 4.74 Å². The van der Waals surface area contributed by atoms with Crippen molar-refractivity contribution in [3.63, 3.8) is 0 Å². The molecule has 2 amide bonds. The van der Waals surface area contributed by atoms with Crippen LogP contribution >= 0.6 is 0 Å². The molecule has 0 fully saturated rings. The lowest BCUT2D eigenvalue weighted by Crippen LogP contribution is -2.35. The van der Waals surface area contributed by atoms with Crippen molar-refractivity contribution in [1.82, 2.24) is 4.90 Å². The lowest BCUT2D eigenvalue weighted by molar-refractivity contribution is -0.151. The van der Waals surface area contributed by atoms with Crippen molar-refractivity contribution in [2.45, 2.75) is 47.0 Å². The van der Waals surface area contributed by atoms with E-state index in [1.807, 2.05) is 13.8 Å². The SMILES string of the molecule is CCCC1=C(C)C(=O)N(CCOC(=O)C(C)CC)C1=O. The molecule has 112 valence electrons. The van der Waals surface area contributed by atoms with E-state index in [1.54, 1.807) is 13.8 Å². The zero-order chi connectivity index (χ0) is 15.3. The summed E-state index contributed by atoms with van der Waals surface area (Å²) in [6.45, 7) is 7.53. The largest absolute Gasteiger partial charge is 0.464 e. The molecule has 0 aromatic carbocycles. The molecular formula is C15H23NO4. The van der Waals surface area contributed by atoms with Gasteiger partial charge in [-0.15, -0.1) is 0 Å². The van der Waals surface area contributed by atoms with Gasteiger partial charge in [-0.05, 0) is 19.8 Å². The van der Waals surface area contributed by atoms with Crippen LogP contribution in [-0.4, -0.2) is 35.8 Å². The summed E-state index contributed by atoms with van der Waals surface area (Å²) in [6.07, 6.45) is 2.14. The number of imide groups is 1. The van der Waals surface area contributed by atoms with Crippen molar-refractivity contribution in [2.75, 3.05) is 13.2 Å². The molecule has 0 saturated heterocycles. The Morgan fingerprint density at radius 3 is 2.45 bits per heavy atom. The molecule has 1 atom stereocenters. The van der Waals surface area contributed by atoms with Crippen molar-refractivity contribution in [3.8, 4) is 0 Å². The number of nitrogens with zero attached hydrogens (tertiary/aromatic N) is 1. The molecule has 0 bridgehead atoms. The maximum Gasteiger partial charge on any atom is 0.308 e. The Morgan fingerprint density at radius 1 is 1.25 bits per heavy atom. The van der Waals surface area contributed by atoms with Crippen LogP contribution in [0.3, 0.4) is 0 Å². The Balaban J connectivity index is 2.53. The molecule has 0 aliphatic carbocycles. The van der Waals surface area contributed by atoms with Gasteiger partial charge in [0.05, 0.1) is 12.5 Å². The van der Waals surface area contributed by atoms with Crippen molar-refractivity contribution in [3.05, 3.63) is 11.1 Å². The first-order valence-electron chi connectivity index (χ1n) is 7.16. The number of amides is 2. The van der Waals surface area contributed by atoms with Crippen molar-refractivity contribution >= 4 is 17.8 Å². The van der Waals surface area contributed by atoms with Crippen LogP contribution in [0.4, 0.5) is 0 Å². The van der Waals surface area contributed by atoms with Gasteiger partial charge in [0.1, 0.15) is 6.61 Å². The minimum absolute atomic E-state index is 0.0628. The van der Waals surface area contributed by atoms with Gasteiger partial charge in [0.2, 0.25) is 0 Å². The van der Waals surface area contributed by atoms with Gasteiger partial charge in [0.25, 0.3) is 11.8 Å². The number of carbonyl (C=O) groups excluding carboxylic acids is 3. The van der Waals surface area contributed by atoms with Gasteiger partial charge in [-0.25, -0.2) is 0 Å². The van der Waals surface area contributed by atoms with E-state index in [-0.39, 0.29) is 36.9 Å². The Hall–Kier alpha value is -1.65. The fourth-order valence-corrected chi connectivity index (χ4v) is 2.04. The summed E-state index contributed by atoms with van der Waals surface area (Å²) in [5.74, 6) is -0.951. The van der Waals surface area contributed by atoms with Crippen molar-refractivity contribution < 1.29 is 19.1 Å². The van der Waals surface area contributed by atoms with Crippen LogP contribution < -0.4 is 0 Å². The van der Waals surface area contributed by atoms with E-state index in [0.29, 0.717) is 24.0 Å². The maximum atomic E-state index is 12.1.